The molecule has 0 aliphatic rings. The molecule has 78 valence electrons. The first-order chi connectivity index (χ1) is 6.69. The highest BCUT2D eigenvalue weighted by Gasteiger charge is 2.08. The minimum atomic E-state index is -0.199. The second-order valence-electron chi connectivity index (χ2n) is 2.96. The van der Waals surface area contributed by atoms with Crippen LogP contribution in [-0.2, 0) is 6.42 Å². The smallest absolute Gasteiger partial charge is 0.200 e. The summed E-state index contributed by atoms with van der Waals surface area (Å²) in [6.45, 7) is 0. The Balaban J connectivity index is 2.91. The number of rotatable bonds is 4. The van der Waals surface area contributed by atoms with Crippen molar-refractivity contribution < 1.29 is 14.9 Å². The summed E-state index contributed by atoms with van der Waals surface area (Å²) in [5, 5.41) is 19.6. The number of ether oxygens (including phenoxy) is 1. The fourth-order valence-electron chi connectivity index (χ4n) is 1.22. The maximum atomic E-state index is 9.37. The van der Waals surface area contributed by atoms with E-state index in [1.54, 1.807) is 12.1 Å². The van der Waals surface area contributed by atoms with E-state index in [-0.39, 0.29) is 11.5 Å². The lowest BCUT2D eigenvalue weighted by atomic mass is 10.1. The zero-order valence-electron chi connectivity index (χ0n) is 7.96. The minimum absolute atomic E-state index is 0.131. The number of hydrogen-bond acceptors (Lipinski definition) is 3. The van der Waals surface area contributed by atoms with Crippen molar-refractivity contribution in [3.05, 3.63) is 17.7 Å². The van der Waals surface area contributed by atoms with Gasteiger partial charge in [0.05, 0.1) is 7.11 Å². The average molecular weight is 261 g/mol. The normalized spacial score (nSPS) is 10.1. The molecule has 0 aliphatic carbocycles. The van der Waals surface area contributed by atoms with Crippen molar-refractivity contribution in [2.75, 3.05) is 12.4 Å². The number of aryl methyl sites for hydroxylation is 1. The Morgan fingerprint density at radius 3 is 2.64 bits per heavy atom. The summed E-state index contributed by atoms with van der Waals surface area (Å²) in [5.74, 6) is -0.0152. The van der Waals surface area contributed by atoms with Crippen LogP contribution in [-0.4, -0.2) is 22.7 Å². The largest absolute Gasteiger partial charge is 0.504 e. The Morgan fingerprint density at radius 1 is 1.36 bits per heavy atom. The molecule has 0 aliphatic heterocycles. The van der Waals surface area contributed by atoms with Crippen LogP contribution in [0.5, 0.6) is 17.2 Å². The number of phenolic OH excluding ortho intramolecular Hbond substituents is 2. The minimum Gasteiger partial charge on any atom is -0.504 e. The molecule has 0 saturated heterocycles. The molecule has 0 radical (unpaired) electrons. The fourth-order valence-corrected chi connectivity index (χ4v) is 1.50. The van der Waals surface area contributed by atoms with Gasteiger partial charge in [0.25, 0.3) is 0 Å². The van der Waals surface area contributed by atoms with Crippen LogP contribution in [0.2, 0.25) is 0 Å². The number of alkyl halides is 1. The molecule has 1 rings (SSSR count). The quantitative estimate of drug-likeness (QED) is 0.646. The number of aromatic hydroxyl groups is 2. The molecule has 0 amide bonds. The highest BCUT2D eigenvalue weighted by molar-refractivity contribution is 9.09. The number of methoxy groups -OCH3 is 1. The maximum absolute atomic E-state index is 9.37. The van der Waals surface area contributed by atoms with Gasteiger partial charge in [-0.2, -0.15) is 0 Å². The van der Waals surface area contributed by atoms with Gasteiger partial charge in [-0.3, -0.25) is 0 Å². The summed E-state index contributed by atoms with van der Waals surface area (Å²) in [7, 11) is 1.46. The summed E-state index contributed by atoms with van der Waals surface area (Å²) < 4.78 is 4.92. The van der Waals surface area contributed by atoms with Gasteiger partial charge >= 0.3 is 0 Å². The fraction of sp³-hybridized carbons (Fsp3) is 0.400. The summed E-state index contributed by atoms with van der Waals surface area (Å²) in [5.41, 5.74) is 0.955. The van der Waals surface area contributed by atoms with Gasteiger partial charge in [0.1, 0.15) is 0 Å². The predicted molar refractivity (Wildman–Crippen MR) is 58.4 cm³/mol. The van der Waals surface area contributed by atoms with Crippen molar-refractivity contribution in [3.8, 4) is 17.2 Å². The van der Waals surface area contributed by atoms with Crippen LogP contribution in [0.25, 0.3) is 0 Å². The molecular weight excluding hydrogens is 248 g/mol. The third-order valence-corrected chi connectivity index (χ3v) is 2.49. The lowest BCUT2D eigenvalue weighted by molar-refractivity contribution is 0.350. The molecule has 0 saturated carbocycles. The average Bonchev–Trinajstić information content (AvgIpc) is 2.19. The van der Waals surface area contributed by atoms with Gasteiger partial charge in [-0.1, -0.05) is 15.9 Å². The summed E-state index contributed by atoms with van der Waals surface area (Å²) in [4.78, 5) is 0. The Hall–Kier alpha value is -0.900. The molecule has 0 bridgehead atoms. The highest BCUT2D eigenvalue weighted by Crippen LogP contribution is 2.36. The zero-order chi connectivity index (χ0) is 10.6. The van der Waals surface area contributed by atoms with E-state index in [1.165, 1.54) is 7.11 Å². The molecule has 2 N–H and O–H groups in total. The van der Waals surface area contributed by atoms with Crippen molar-refractivity contribution in [3.63, 3.8) is 0 Å². The lowest BCUT2D eigenvalue weighted by Gasteiger charge is -2.08. The van der Waals surface area contributed by atoms with Gasteiger partial charge in [-0.25, -0.2) is 0 Å². The van der Waals surface area contributed by atoms with Crippen LogP contribution < -0.4 is 4.74 Å². The molecule has 1 aromatic carbocycles. The van der Waals surface area contributed by atoms with Crippen molar-refractivity contribution in [2.24, 2.45) is 0 Å². The van der Waals surface area contributed by atoms with Crippen LogP contribution in [0.3, 0.4) is 0 Å². The van der Waals surface area contributed by atoms with Crippen LogP contribution >= 0.6 is 15.9 Å². The van der Waals surface area contributed by atoms with Crippen LogP contribution in [0.15, 0.2) is 12.1 Å². The van der Waals surface area contributed by atoms with Gasteiger partial charge in [-0.05, 0) is 30.5 Å². The SMILES string of the molecule is COc1cc(CCCBr)cc(O)c1O. The van der Waals surface area contributed by atoms with E-state index in [1.807, 2.05) is 0 Å². The third-order valence-electron chi connectivity index (χ3n) is 1.93. The monoisotopic (exact) mass is 260 g/mol. The van der Waals surface area contributed by atoms with E-state index in [9.17, 15) is 10.2 Å². The van der Waals surface area contributed by atoms with Gasteiger partial charge in [0, 0.05) is 5.33 Å². The Kier molecular flexibility index (Phi) is 4.07. The number of halogens is 1. The highest BCUT2D eigenvalue weighted by atomic mass is 79.9. The lowest BCUT2D eigenvalue weighted by Crippen LogP contribution is -1.90. The van der Waals surface area contributed by atoms with E-state index in [0.29, 0.717) is 5.75 Å². The number of phenols is 2. The van der Waals surface area contributed by atoms with E-state index in [4.69, 9.17) is 4.74 Å². The van der Waals surface area contributed by atoms with Gasteiger partial charge in [0.15, 0.2) is 11.5 Å². The first kappa shape index (κ1) is 11.2. The Morgan fingerprint density at radius 2 is 2.07 bits per heavy atom. The summed E-state index contributed by atoms with van der Waals surface area (Å²) in [6, 6.07) is 3.29. The van der Waals surface area contributed by atoms with E-state index in [2.05, 4.69) is 15.9 Å². The number of hydrogen-bond donors (Lipinski definition) is 2. The van der Waals surface area contributed by atoms with Gasteiger partial charge in [-0.15, -0.1) is 0 Å². The van der Waals surface area contributed by atoms with Crippen LogP contribution in [0, 0.1) is 0 Å². The summed E-state index contributed by atoms with van der Waals surface area (Å²) >= 11 is 3.33. The molecule has 0 heterocycles. The first-order valence-corrected chi connectivity index (χ1v) is 5.46. The standard InChI is InChI=1S/C10H13BrO3/c1-14-9-6-7(3-2-4-11)5-8(12)10(9)13/h5-6,12-13H,2-4H2,1H3. The van der Waals surface area contributed by atoms with Gasteiger partial charge < -0.3 is 14.9 Å². The Bertz CT molecular complexity index is 312. The summed E-state index contributed by atoms with van der Waals surface area (Å²) in [6.07, 6.45) is 1.82. The van der Waals surface area contributed by atoms with Gasteiger partial charge in [0.2, 0.25) is 5.75 Å². The molecule has 4 heteroatoms. The first-order valence-electron chi connectivity index (χ1n) is 4.34. The molecule has 0 spiro atoms. The van der Waals surface area contributed by atoms with Crippen molar-refractivity contribution in [1.82, 2.24) is 0 Å². The van der Waals surface area contributed by atoms with E-state index >= 15 is 0 Å². The van der Waals surface area contributed by atoms with Crippen molar-refractivity contribution >= 4 is 15.9 Å². The van der Waals surface area contributed by atoms with E-state index < -0.39 is 0 Å². The predicted octanol–water partition coefficient (Wildman–Crippen LogP) is 2.43. The van der Waals surface area contributed by atoms with E-state index in [0.717, 1.165) is 23.7 Å². The Labute approximate surface area is 91.5 Å². The molecular formula is C10H13BrO3. The van der Waals surface area contributed by atoms with Crippen molar-refractivity contribution in [1.29, 1.82) is 0 Å². The molecule has 0 aromatic heterocycles. The molecule has 0 fully saturated rings. The molecule has 0 atom stereocenters. The zero-order valence-corrected chi connectivity index (χ0v) is 9.54. The van der Waals surface area contributed by atoms with Crippen LogP contribution in [0.1, 0.15) is 12.0 Å². The third kappa shape index (κ3) is 2.54. The molecule has 3 nitrogen and oxygen atoms in total. The molecule has 1 aromatic rings. The van der Waals surface area contributed by atoms with Crippen molar-refractivity contribution in [2.45, 2.75) is 12.8 Å². The molecule has 14 heavy (non-hydrogen) atoms. The molecule has 0 unspecified atom stereocenters. The second-order valence-corrected chi connectivity index (χ2v) is 3.75. The maximum Gasteiger partial charge on any atom is 0.200 e. The van der Waals surface area contributed by atoms with Crippen LogP contribution in [0.4, 0.5) is 0 Å². The number of benzene rings is 1. The topological polar surface area (TPSA) is 49.7 Å². The second kappa shape index (κ2) is 5.10.